The first-order valence-corrected chi connectivity index (χ1v) is 5.30. The van der Waals surface area contributed by atoms with Crippen LogP contribution in [-0.4, -0.2) is 25.2 Å². The van der Waals surface area contributed by atoms with Crippen LogP contribution in [0.25, 0.3) is 10.6 Å². The average Bonchev–Trinajstić information content (AvgIpc) is 2.21. The molecule has 0 aromatic rings. The van der Waals surface area contributed by atoms with Crippen LogP contribution in [0.3, 0.4) is 0 Å². The first-order valence-electron chi connectivity index (χ1n) is 5.30. The van der Waals surface area contributed by atoms with Gasteiger partial charge in [0.25, 0.3) is 0 Å². The van der Waals surface area contributed by atoms with Crippen molar-refractivity contribution >= 4 is 0 Å². The van der Waals surface area contributed by atoms with Gasteiger partial charge in [0.15, 0.2) is 0 Å². The summed E-state index contributed by atoms with van der Waals surface area (Å²) in [6.07, 6.45) is 7.97. The third-order valence-electron chi connectivity index (χ3n) is 2.99. The molecule has 0 saturated carbocycles. The van der Waals surface area contributed by atoms with E-state index in [4.69, 9.17) is 0 Å². The van der Waals surface area contributed by atoms with Gasteiger partial charge in [-0.2, -0.15) is 12.1 Å². The zero-order chi connectivity index (χ0) is 8.23. The molecule has 2 saturated heterocycles. The van der Waals surface area contributed by atoms with Gasteiger partial charge in [0, 0.05) is 16.5 Å². The standard InChI is InChI=1S/C10H18N2.2ClH.Ni/c1-3-7-11-9(5-1)10-6-2-4-8-12-10;;;/h9-10H,1-8H2;2*1H;/q-2;;;/p-2. The van der Waals surface area contributed by atoms with E-state index in [9.17, 15) is 0 Å². The molecule has 2 fully saturated rings. The molecular weight excluding hydrogens is 278 g/mol. The Hall–Kier alpha value is 0.994. The van der Waals surface area contributed by atoms with Gasteiger partial charge in [0.1, 0.15) is 0 Å². The van der Waals surface area contributed by atoms with Crippen LogP contribution in [0.5, 0.6) is 0 Å². The van der Waals surface area contributed by atoms with Gasteiger partial charge in [-0.05, 0) is 0 Å². The van der Waals surface area contributed by atoms with Crippen LogP contribution in [0, 0.1) is 0 Å². The molecule has 0 aromatic heterocycles. The van der Waals surface area contributed by atoms with Crippen LogP contribution in [0.2, 0.25) is 0 Å². The van der Waals surface area contributed by atoms with Crippen LogP contribution >= 0.6 is 0 Å². The van der Waals surface area contributed by atoms with Gasteiger partial charge in [-0.25, -0.2) is 0 Å². The molecule has 2 atom stereocenters. The molecule has 0 aromatic carbocycles. The summed E-state index contributed by atoms with van der Waals surface area (Å²) in [7, 11) is 0. The van der Waals surface area contributed by atoms with Crippen LogP contribution in [0.15, 0.2) is 0 Å². The first kappa shape index (κ1) is 18.4. The molecule has 2 rings (SSSR count). The minimum Gasteiger partial charge on any atom is -1.00 e. The van der Waals surface area contributed by atoms with E-state index in [1.165, 1.54) is 38.5 Å². The summed E-state index contributed by atoms with van der Waals surface area (Å²) in [6, 6.07) is 1.19. The maximum atomic E-state index is 4.66. The minimum atomic E-state index is 0. The van der Waals surface area contributed by atoms with Crippen molar-refractivity contribution in [3.63, 3.8) is 0 Å². The van der Waals surface area contributed by atoms with E-state index in [0.29, 0.717) is 12.1 Å². The second-order valence-corrected chi connectivity index (χ2v) is 3.94. The zero-order valence-corrected chi connectivity index (χ0v) is 11.3. The molecule has 2 nitrogen and oxygen atoms in total. The van der Waals surface area contributed by atoms with Crippen molar-refractivity contribution in [3.05, 3.63) is 10.6 Å². The van der Waals surface area contributed by atoms with E-state index in [1.807, 2.05) is 0 Å². The molecule has 0 spiro atoms. The number of halogens is 2. The Morgan fingerprint density at radius 1 is 0.667 bits per heavy atom. The number of rotatable bonds is 1. The van der Waals surface area contributed by atoms with Crippen molar-refractivity contribution in [3.8, 4) is 0 Å². The van der Waals surface area contributed by atoms with Gasteiger partial charge in [0.2, 0.25) is 0 Å². The SMILES string of the molecule is C1CCC(C2CCCC[N-]2)[N-]C1.[Cl-].[Cl-].[Ni]. The van der Waals surface area contributed by atoms with E-state index in [2.05, 4.69) is 10.6 Å². The Bertz CT molecular complexity index is 121. The molecule has 2 unspecified atom stereocenters. The third kappa shape index (κ3) is 5.74. The first-order chi connectivity index (χ1) is 5.97. The Morgan fingerprint density at radius 3 is 1.33 bits per heavy atom. The third-order valence-corrected chi connectivity index (χ3v) is 2.99. The van der Waals surface area contributed by atoms with Gasteiger partial charge < -0.3 is 35.4 Å². The summed E-state index contributed by atoms with van der Waals surface area (Å²) in [5.74, 6) is 0. The molecule has 0 bridgehead atoms. The van der Waals surface area contributed by atoms with Gasteiger partial charge in [0.05, 0.1) is 0 Å². The Labute approximate surface area is 115 Å². The van der Waals surface area contributed by atoms with Crippen molar-refractivity contribution < 1.29 is 41.3 Å². The van der Waals surface area contributed by atoms with Crippen molar-refractivity contribution in [2.24, 2.45) is 0 Å². The number of hydrogen-bond acceptors (Lipinski definition) is 0. The molecule has 2 aliphatic heterocycles. The molecule has 5 heteroatoms. The van der Waals surface area contributed by atoms with E-state index >= 15 is 0 Å². The van der Waals surface area contributed by atoms with Crippen molar-refractivity contribution in [1.82, 2.24) is 0 Å². The fourth-order valence-corrected chi connectivity index (χ4v) is 2.26. The summed E-state index contributed by atoms with van der Waals surface area (Å²) in [4.78, 5) is 0. The monoisotopic (exact) mass is 294 g/mol. The average molecular weight is 296 g/mol. The summed E-state index contributed by atoms with van der Waals surface area (Å²) >= 11 is 0. The summed E-state index contributed by atoms with van der Waals surface area (Å²) in [6.45, 7) is 2.19. The second-order valence-electron chi connectivity index (χ2n) is 3.94. The van der Waals surface area contributed by atoms with Crippen molar-refractivity contribution in [2.75, 3.05) is 13.1 Å². The number of piperidine rings is 2. The number of hydrogen-bond donors (Lipinski definition) is 0. The predicted octanol–water partition coefficient (Wildman–Crippen LogP) is -3.16. The maximum Gasteiger partial charge on any atom is 0 e. The van der Waals surface area contributed by atoms with Crippen molar-refractivity contribution in [2.45, 2.75) is 50.6 Å². The Balaban J connectivity index is 0. The van der Waals surface area contributed by atoms with Crippen molar-refractivity contribution in [1.29, 1.82) is 0 Å². The normalized spacial score (nSPS) is 30.4. The minimum absolute atomic E-state index is 0. The predicted molar refractivity (Wildman–Crippen MR) is 51.7 cm³/mol. The fraction of sp³-hybridized carbons (Fsp3) is 1.00. The van der Waals surface area contributed by atoms with Gasteiger partial charge >= 0.3 is 0 Å². The summed E-state index contributed by atoms with van der Waals surface area (Å²) < 4.78 is 0. The molecule has 0 radical (unpaired) electrons. The van der Waals surface area contributed by atoms with Crippen LogP contribution in [0.4, 0.5) is 0 Å². The van der Waals surface area contributed by atoms with Gasteiger partial charge in [-0.15, -0.1) is 13.1 Å². The fourth-order valence-electron chi connectivity index (χ4n) is 2.26. The van der Waals surface area contributed by atoms with Gasteiger partial charge in [-0.1, -0.05) is 38.5 Å². The zero-order valence-electron chi connectivity index (χ0n) is 8.78. The molecule has 0 amide bonds. The molecule has 96 valence electrons. The van der Waals surface area contributed by atoms with E-state index < -0.39 is 0 Å². The smallest absolute Gasteiger partial charge is 0 e. The largest absolute Gasteiger partial charge is 1.00 e. The van der Waals surface area contributed by atoms with E-state index in [-0.39, 0.29) is 41.3 Å². The molecule has 2 heterocycles. The second kappa shape index (κ2) is 10.2. The number of nitrogens with zero attached hydrogens (tertiary/aromatic N) is 2. The Kier molecular flexibility index (Phi) is 12.4. The molecule has 2 aliphatic rings. The van der Waals surface area contributed by atoms with E-state index in [0.717, 1.165) is 13.1 Å². The summed E-state index contributed by atoms with van der Waals surface area (Å²) in [5.41, 5.74) is 0. The molecule has 15 heavy (non-hydrogen) atoms. The maximum absolute atomic E-state index is 4.66. The van der Waals surface area contributed by atoms with Crippen LogP contribution in [0.1, 0.15) is 38.5 Å². The quantitative estimate of drug-likeness (QED) is 0.457. The molecular formula is C10H18Cl2N2Ni-4. The summed E-state index contributed by atoms with van der Waals surface area (Å²) in [5, 5.41) is 9.32. The van der Waals surface area contributed by atoms with Gasteiger partial charge in [-0.3, -0.25) is 0 Å². The molecule has 0 N–H and O–H groups in total. The van der Waals surface area contributed by atoms with Crippen LogP contribution in [-0.2, 0) is 16.5 Å². The Morgan fingerprint density at radius 2 is 1.07 bits per heavy atom. The van der Waals surface area contributed by atoms with E-state index in [1.54, 1.807) is 0 Å². The molecule has 0 aliphatic carbocycles. The topological polar surface area (TPSA) is 28.2 Å². The van der Waals surface area contributed by atoms with Crippen LogP contribution < -0.4 is 24.8 Å².